The van der Waals surface area contributed by atoms with Gasteiger partial charge in [0.2, 0.25) is 0 Å². The van der Waals surface area contributed by atoms with E-state index in [1.807, 2.05) is 22.8 Å². The summed E-state index contributed by atoms with van der Waals surface area (Å²) < 4.78 is 9.42. The molecule has 11 heteroatoms. The third-order valence-corrected chi connectivity index (χ3v) is 6.35. The molecule has 4 rings (SSSR count). The molecule has 1 aromatic carbocycles. The maximum absolute atomic E-state index is 13.1. The minimum absolute atomic E-state index is 0.304. The lowest BCUT2D eigenvalue weighted by Crippen LogP contribution is -2.48. The summed E-state index contributed by atoms with van der Waals surface area (Å²) >= 11 is 6.40. The second-order valence-corrected chi connectivity index (χ2v) is 8.45. The molecule has 2 aromatic heterocycles. The Labute approximate surface area is 195 Å². The van der Waals surface area contributed by atoms with Gasteiger partial charge in [0.25, 0.3) is 5.56 Å². The molecule has 1 saturated heterocycles. The third-order valence-electron chi connectivity index (χ3n) is 5.98. The van der Waals surface area contributed by atoms with Gasteiger partial charge in [0.15, 0.2) is 11.2 Å². The molecule has 1 aliphatic heterocycles. The summed E-state index contributed by atoms with van der Waals surface area (Å²) in [4.78, 5) is 46.1. The van der Waals surface area contributed by atoms with Crippen LogP contribution in [0.15, 0.2) is 33.9 Å². The van der Waals surface area contributed by atoms with Crippen molar-refractivity contribution in [3.63, 3.8) is 0 Å². The lowest BCUT2D eigenvalue weighted by molar-refractivity contribution is 0.0769. The topological polar surface area (TPSA) is 94.6 Å². The molecule has 10 nitrogen and oxygen atoms in total. The van der Waals surface area contributed by atoms with Crippen molar-refractivity contribution >= 4 is 28.9 Å². The Hall–Kier alpha value is -3.11. The minimum Gasteiger partial charge on any atom is -0.450 e. The first-order valence-corrected chi connectivity index (χ1v) is 11.2. The van der Waals surface area contributed by atoms with Gasteiger partial charge in [-0.15, -0.1) is 0 Å². The van der Waals surface area contributed by atoms with Crippen LogP contribution in [0.25, 0.3) is 11.2 Å². The molecular weight excluding hydrogens is 448 g/mol. The van der Waals surface area contributed by atoms with Crippen molar-refractivity contribution in [2.75, 3.05) is 32.8 Å². The SMILES string of the molecule is CCOC(=O)N1CCN(Cc2nc3c(c(=O)n(C)c(=O)n3C)n2Cc2ccccc2Cl)CC1. The molecule has 0 atom stereocenters. The number of halogens is 1. The number of piperazine rings is 1. The quantitative estimate of drug-likeness (QED) is 0.555. The minimum atomic E-state index is -0.426. The first kappa shape index (κ1) is 23.1. The highest BCUT2D eigenvalue weighted by Crippen LogP contribution is 2.21. The van der Waals surface area contributed by atoms with Crippen molar-refractivity contribution in [1.82, 2.24) is 28.5 Å². The number of carbonyl (C=O) groups excluding carboxylic acids is 1. The smallest absolute Gasteiger partial charge is 0.409 e. The summed E-state index contributed by atoms with van der Waals surface area (Å²) in [5.74, 6) is 0.660. The lowest BCUT2D eigenvalue weighted by Gasteiger charge is -2.33. The fourth-order valence-corrected chi connectivity index (χ4v) is 4.28. The average molecular weight is 475 g/mol. The number of fused-ring (bicyclic) bond motifs is 1. The van der Waals surface area contributed by atoms with Gasteiger partial charge >= 0.3 is 11.8 Å². The van der Waals surface area contributed by atoms with Gasteiger partial charge in [-0.1, -0.05) is 29.8 Å². The van der Waals surface area contributed by atoms with Crippen LogP contribution in [0.4, 0.5) is 4.79 Å². The molecule has 0 aliphatic carbocycles. The van der Waals surface area contributed by atoms with E-state index in [1.165, 1.54) is 11.6 Å². The Morgan fingerprint density at radius 2 is 1.76 bits per heavy atom. The van der Waals surface area contributed by atoms with Crippen molar-refractivity contribution in [3.8, 4) is 0 Å². The predicted octanol–water partition coefficient (Wildman–Crippen LogP) is 1.41. The fraction of sp³-hybridized carbons (Fsp3) is 0.455. The van der Waals surface area contributed by atoms with E-state index in [0.29, 0.717) is 67.9 Å². The molecule has 0 N–H and O–H groups in total. The van der Waals surface area contributed by atoms with E-state index in [0.717, 1.165) is 10.1 Å². The van der Waals surface area contributed by atoms with Gasteiger partial charge in [-0.05, 0) is 18.6 Å². The molecule has 176 valence electrons. The summed E-state index contributed by atoms with van der Waals surface area (Å²) in [6, 6.07) is 7.45. The largest absolute Gasteiger partial charge is 0.450 e. The Balaban J connectivity index is 1.71. The van der Waals surface area contributed by atoms with E-state index >= 15 is 0 Å². The molecule has 3 aromatic rings. The molecule has 0 unspecified atom stereocenters. The van der Waals surface area contributed by atoms with E-state index in [-0.39, 0.29) is 6.09 Å². The normalized spacial score (nSPS) is 14.7. The maximum atomic E-state index is 13.1. The van der Waals surface area contributed by atoms with Gasteiger partial charge in [-0.25, -0.2) is 14.6 Å². The molecular formula is C22H27ClN6O4. The molecule has 1 amide bonds. The number of hydrogen-bond donors (Lipinski definition) is 0. The van der Waals surface area contributed by atoms with Crippen molar-refractivity contribution in [3.05, 3.63) is 61.5 Å². The Bertz CT molecular complexity index is 1300. The number of nitrogens with zero attached hydrogens (tertiary/aromatic N) is 6. The van der Waals surface area contributed by atoms with Crippen LogP contribution in [0.1, 0.15) is 18.3 Å². The number of aryl methyl sites for hydroxylation is 1. The molecule has 0 bridgehead atoms. The number of rotatable bonds is 5. The van der Waals surface area contributed by atoms with Crippen LogP contribution in [0.3, 0.4) is 0 Å². The van der Waals surface area contributed by atoms with Gasteiger partial charge in [-0.3, -0.25) is 18.8 Å². The Morgan fingerprint density at radius 3 is 2.42 bits per heavy atom. The van der Waals surface area contributed by atoms with Crippen molar-refractivity contribution in [1.29, 1.82) is 0 Å². The second kappa shape index (κ2) is 9.40. The molecule has 1 aliphatic rings. The molecule has 0 radical (unpaired) electrons. The van der Waals surface area contributed by atoms with Crippen LogP contribution in [0.2, 0.25) is 5.02 Å². The van der Waals surface area contributed by atoms with Gasteiger partial charge < -0.3 is 14.2 Å². The van der Waals surface area contributed by atoms with E-state index < -0.39 is 11.2 Å². The molecule has 0 saturated carbocycles. The lowest BCUT2D eigenvalue weighted by atomic mass is 10.2. The van der Waals surface area contributed by atoms with Crippen LogP contribution < -0.4 is 11.2 Å². The number of imidazole rings is 1. The zero-order valence-electron chi connectivity index (χ0n) is 19.0. The number of aromatic nitrogens is 4. The molecule has 1 fully saturated rings. The number of amides is 1. The Kier molecular flexibility index (Phi) is 6.57. The summed E-state index contributed by atoms with van der Waals surface area (Å²) in [7, 11) is 3.07. The number of carbonyl (C=O) groups is 1. The van der Waals surface area contributed by atoms with Crippen molar-refractivity contribution in [2.24, 2.45) is 14.1 Å². The highest BCUT2D eigenvalue weighted by Gasteiger charge is 2.25. The zero-order valence-corrected chi connectivity index (χ0v) is 19.7. The van der Waals surface area contributed by atoms with Gasteiger partial charge in [0, 0.05) is 45.3 Å². The van der Waals surface area contributed by atoms with Gasteiger partial charge in [0.05, 0.1) is 19.7 Å². The summed E-state index contributed by atoms with van der Waals surface area (Å²) in [6.07, 6.45) is -0.304. The monoisotopic (exact) mass is 474 g/mol. The molecule has 33 heavy (non-hydrogen) atoms. The molecule has 0 spiro atoms. The van der Waals surface area contributed by atoms with Gasteiger partial charge in [-0.2, -0.15) is 0 Å². The van der Waals surface area contributed by atoms with Crippen LogP contribution in [0, 0.1) is 0 Å². The fourth-order valence-electron chi connectivity index (χ4n) is 4.08. The van der Waals surface area contributed by atoms with Crippen LogP contribution >= 0.6 is 11.6 Å². The highest BCUT2D eigenvalue weighted by atomic mass is 35.5. The van der Waals surface area contributed by atoms with Crippen LogP contribution in [0.5, 0.6) is 0 Å². The standard InChI is InChI=1S/C22H27ClN6O4/c1-4-33-22(32)28-11-9-27(10-12-28)14-17-24-19-18(20(30)26(3)21(31)25(19)2)29(17)13-15-7-5-6-8-16(15)23/h5-8H,4,9-14H2,1-3H3. The average Bonchev–Trinajstić information content (AvgIpc) is 3.16. The summed E-state index contributed by atoms with van der Waals surface area (Å²) in [5, 5.41) is 0.593. The van der Waals surface area contributed by atoms with E-state index in [9.17, 15) is 14.4 Å². The first-order valence-electron chi connectivity index (χ1n) is 10.8. The van der Waals surface area contributed by atoms with Crippen LogP contribution in [-0.4, -0.2) is 67.4 Å². The van der Waals surface area contributed by atoms with E-state index in [4.69, 9.17) is 21.3 Å². The van der Waals surface area contributed by atoms with Gasteiger partial charge in [0.1, 0.15) is 5.82 Å². The summed E-state index contributed by atoms with van der Waals surface area (Å²) in [6.45, 7) is 5.33. The Morgan fingerprint density at radius 1 is 1.06 bits per heavy atom. The van der Waals surface area contributed by atoms with Crippen molar-refractivity contribution < 1.29 is 9.53 Å². The number of benzene rings is 1. The van der Waals surface area contributed by atoms with E-state index in [1.54, 1.807) is 24.9 Å². The number of hydrogen-bond acceptors (Lipinski definition) is 6. The highest BCUT2D eigenvalue weighted by molar-refractivity contribution is 6.31. The third kappa shape index (κ3) is 4.40. The van der Waals surface area contributed by atoms with Crippen molar-refractivity contribution in [2.45, 2.75) is 20.0 Å². The summed E-state index contributed by atoms with van der Waals surface area (Å²) in [5.41, 5.74) is 0.730. The predicted molar refractivity (Wildman–Crippen MR) is 125 cm³/mol. The second-order valence-electron chi connectivity index (χ2n) is 8.05. The first-order chi connectivity index (χ1) is 15.8. The molecule has 3 heterocycles. The maximum Gasteiger partial charge on any atom is 0.409 e. The zero-order chi connectivity index (χ0) is 23.7. The number of ether oxygens (including phenoxy) is 1. The van der Waals surface area contributed by atoms with E-state index in [2.05, 4.69) is 4.90 Å². The van der Waals surface area contributed by atoms with Crippen LogP contribution in [-0.2, 0) is 31.9 Å².